The Morgan fingerprint density at radius 2 is 1.70 bits per heavy atom. The molecule has 1 atom stereocenters. The van der Waals surface area contributed by atoms with Crippen molar-refractivity contribution in [1.29, 1.82) is 0 Å². The van der Waals surface area contributed by atoms with Crippen molar-refractivity contribution in [2.24, 2.45) is 0 Å². The standard InChI is InChI=1S/C38H40FN5O6/c1-48-31-11-7-8-25(35(31)49-2)37(46)40-23-12-17-43(21-23)33-28(39)20-26-32-36(33)50-30-10-4-3-9-29(30)44(32)22-27(34(26)45)38(47)42-18-13-24(14-19-42)41-15-5-6-16-41/h3-4,7-11,20,22-24H,5-6,12-19,21H2,1-2H3,(H,40,46). The molecule has 11 nitrogen and oxygen atoms in total. The maximum atomic E-state index is 16.4. The second-order valence-electron chi connectivity index (χ2n) is 13.5. The lowest BCUT2D eigenvalue weighted by Gasteiger charge is -2.36. The molecule has 0 radical (unpaired) electrons. The number of fused-ring (bicyclic) bond motifs is 2. The summed E-state index contributed by atoms with van der Waals surface area (Å²) in [5.74, 6) is 0.181. The van der Waals surface area contributed by atoms with Crippen molar-refractivity contribution in [2.75, 3.05) is 58.4 Å². The summed E-state index contributed by atoms with van der Waals surface area (Å²) in [6, 6.07) is 13.8. The predicted octanol–water partition coefficient (Wildman–Crippen LogP) is 4.96. The Morgan fingerprint density at radius 1 is 0.920 bits per heavy atom. The van der Waals surface area contributed by atoms with Crippen molar-refractivity contribution in [2.45, 2.75) is 44.2 Å². The molecule has 12 heteroatoms. The minimum absolute atomic E-state index is 0.0174. The molecule has 1 aromatic heterocycles. The van der Waals surface area contributed by atoms with Gasteiger partial charge in [0, 0.05) is 44.5 Å². The molecule has 5 heterocycles. The van der Waals surface area contributed by atoms with Gasteiger partial charge in [0.15, 0.2) is 28.8 Å². The predicted molar refractivity (Wildman–Crippen MR) is 187 cm³/mol. The Hall–Kier alpha value is -5.10. The molecule has 4 aliphatic rings. The number of carbonyl (C=O) groups is 2. The van der Waals surface area contributed by atoms with E-state index in [-0.39, 0.29) is 40.2 Å². The molecule has 3 saturated heterocycles. The van der Waals surface area contributed by atoms with Gasteiger partial charge in [-0.15, -0.1) is 0 Å². The van der Waals surface area contributed by atoms with E-state index < -0.39 is 11.2 Å². The quantitative estimate of drug-likeness (QED) is 0.257. The number of amides is 2. The first-order valence-electron chi connectivity index (χ1n) is 17.4. The van der Waals surface area contributed by atoms with Crippen molar-refractivity contribution in [1.82, 2.24) is 19.7 Å². The van der Waals surface area contributed by atoms with Crippen LogP contribution in [0, 0.1) is 5.82 Å². The van der Waals surface area contributed by atoms with Crippen LogP contribution in [0.15, 0.2) is 59.5 Å². The van der Waals surface area contributed by atoms with E-state index in [1.54, 1.807) is 39.9 Å². The van der Waals surface area contributed by atoms with Gasteiger partial charge >= 0.3 is 0 Å². The van der Waals surface area contributed by atoms with Crippen LogP contribution in [0.4, 0.5) is 10.1 Å². The van der Waals surface area contributed by atoms with Gasteiger partial charge in [0.25, 0.3) is 11.8 Å². The van der Waals surface area contributed by atoms with Crippen LogP contribution >= 0.6 is 0 Å². The number of nitrogens with one attached hydrogen (secondary N) is 1. The number of piperidine rings is 1. The van der Waals surface area contributed by atoms with E-state index in [2.05, 4.69) is 10.2 Å². The first-order valence-corrected chi connectivity index (χ1v) is 17.4. The van der Waals surface area contributed by atoms with Gasteiger partial charge in [-0.3, -0.25) is 14.4 Å². The molecule has 4 aromatic rings. The largest absolute Gasteiger partial charge is 0.493 e. The summed E-state index contributed by atoms with van der Waals surface area (Å²) in [6.45, 7) is 4.12. The second-order valence-corrected chi connectivity index (χ2v) is 13.5. The van der Waals surface area contributed by atoms with E-state index in [1.165, 1.54) is 33.1 Å². The number of aromatic nitrogens is 1. The molecule has 0 saturated carbocycles. The third kappa shape index (κ3) is 5.42. The number of hydrogen-bond donors (Lipinski definition) is 1. The van der Waals surface area contributed by atoms with Crippen LogP contribution in [0.25, 0.3) is 16.6 Å². The molecule has 4 aliphatic heterocycles. The van der Waals surface area contributed by atoms with Gasteiger partial charge in [0.2, 0.25) is 5.43 Å². The van der Waals surface area contributed by atoms with Crippen LogP contribution < -0.4 is 29.9 Å². The Morgan fingerprint density at radius 3 is 2.46 bits per heavy atom. The number of hydrogen-bond acceptors (Lipinski definition) is 8. The summed E-state index contributed by atoms with van der Waals surface area (Å²) in [7, 11) is 2.99. The third-order valence-corrected chi connectivity index (χ3v) is 10.6. The smallest absolute Gasteiger partial charge is 0.259 e. The summed E-state index contributed by atoms with van der Waals surface area (Å²) in [5, 5.41) is 3.14. The Balaban J connectivity index is 1.11. The van der Waals surface area contributed by atoms with Crippen molar-refractivity contribution < 1.29 is 28.2 Å². The van der Waals surface area contributed by atoms with Gasteiger partial charge in [0.1, 0.15) is 16.8 Å². The van der Waals surface area contributed by atoms with Crippen LogP contribution in [-0.2, 0) is 0 Å². The molecule has 1 N–H and O–H groups in total. The average molecular weight is 682 g/mol. The topological polar surface area (TPSA) is 106 Å². The van der Waals surface area contributed by atoms with Gasteiger partial charge in [-0.1, -0.05) is 18.2 Å². The fourth-order valence-electron chi connectivity index (χ4n) is 8.12. The van der Waals surface area contributed by atoms with Crippen LogP contribution in [0.5, 0.6) is 23.0 Å². The monoisotopic (exact) mass is 681 g/mol. The molecule has 2 amide bonds. The summed E-state index contributed by atoms with van der Waals surface area (Å²) >= 11 is 0. The maximum Gasteiger partial charge on any atom is 0.259 e. The second kappa shape index (κ2) is 13.0. The van der Waals surface area contributed by atoms with Crippen molar-refractivity contribution >= 4 is 28.4 Å². The third-order valence-electron chi connectivity index (χ3n) is 10.6. The molecule has 50 heavy (non-hydrogen) atoms. The molecule has 0 aliphatic carbocycles. The molecule has 0 bridgehead atoms. The number of nitrogens with zero attached hydrogens (tertiary/aromatic N) is 4. The highest BCUT2D eigenvalue weighted by Crippen LogP contribution is 2.47. The molecule has 3 fully saturated rings. The summed E-state index contributed by atoms with van der Waals surface area (Å²) in [5.41, 5.74) is 1.10. The highest BCUT2D eigenvalue weighted by Gasteiger charge is 2.35. The summed E-state index contributed by atoms with van der Waals surface area (Å²) in [4.78, 5) is 47.5. The number of pyridine rings is 1. The zero-order valence-electron chi connectivity index (χ0n) is 28.2. The fourth-order valence-corrected chi connectivity index (χ4v) is 8.12. The highest BCUT2D eigenvalue weighted by atomic mass is 19.1. The number of methoxy groups -OCH3 is 2. The lowest BCUT2D eigenvalue weighted by Crippen LogP contribution is -2.46. The summed E-state index contributed by atoms with van der Waals surface area (Å²) in [6.07, 6.45) is 6.33. The summed E-state index contributed by atoms with van der Waals surface area (Å²) < 4.78 is 35.3. The van der Waals surface area contributed by atoms with Gasteiger partial charge in [-0.25, -0.2) is 4.39 Å². The van der Waals surface area contributed by atoms with E-state index in [4.69, 9.17) is 14.2 Å². The first-order chi connectivity index (χ1) is 24.4. The number of para-hydroxylation sites is 3. The lowest BCUT2D eigenvalue weighted by atomic mass is 10.0. The lowest BCUT2D eigenvalue weighted by molar-refractivity contribution is 0.0642. The Kier molecular flexibility index (Phi) is 8.34. The van der Waals surface area contributed by atoms with Gasteiger partial charge in [-0.2, -0.15) is 0 Å². The van der Waals surface area contributed by atoms with Gasteiger partial charge in [0.05, 0.1) is 30.9 Å². The number of benzene rings is 3. The zero-order chi connectivity index (χ0) is 34.5. The number of anilines is 1. The van der Waals surface area contributed by atoms with Crippen molar-refractivity contribution in [3.05, 3.63) is 81.9 Å². The van der Waals surface area contributed by atoms with Crippen LogP contribution in [0.2, 0.25) is 0 Å². The maximum absolute atomic E-state index is 16.4. The van der Waals surface area contributed by atoms with E-state index in [9.17, 15) is 14.4 Å². The normalized spacial score (nSPS) is 19.0. The van der Waals surface area contributed by atoms with Gasteiger partial charge in [-0.05, 0) is 75.5 Å². The van der Waals surface area contributed by atoms with Crippen molar-refractivity contribution in [3.8, 4) is 28.7 Å². The van der Waals surface area contributed by atoms with Crippen LogP contribution in [0.1, 0.15) is 52.8 Å². The number of likely N-dealkylation sites (tertiary alicyclic amines) is 2. The molecule has 260 valence electrons. The fraction of sp³-hybridized carbons (Fsp3) is 0.395. The molecular formula is C38H40FN5O6. The molecular weight excluding hydrogens is 641 g/mol. The van der Waals surface area contributed by atoms with Gasteiger partial charge < -0.3 is 38.8 Å². The molecule has 1 unspecified atom stereocenters. The number of rotatable bonds is 7. The number of halogens is 1. The SMILES string of the molecule is COc1cccc(C(=O)NC2CCN(c3c(F)cc4c(=O)c(C(=O)N5CCC(N6CCCC6)CC5)cn5c4c3Oc3ccccc3-5)C2)c1OC. The molecule has 0 spiro atoms. The van der Waals surface area contributed by atoms with Crippen LogP contribution in [0.3, 0.4) is 0 Å². The first kappa shape index (κ1) is 32.1. The highest BCUT2D eigenvalue weighted by molar-refractivity contribution is 6.01. The van der Waals surface area contributed by atoms with E-state index in [0.717, 1.165) is 25.9 Å². The van der Waals surface area contributed by atoms with E-state index >= 15 is 4.39 Å². The van der Waals surface area contributed by atoms with E-state index in [0.29, 0.717) is 72.7 Å². The minimum Gasteiger partial charge on any atom is -0.493 e. The van der Waals surface area contributed by atoms with Crippen LogP contribution in [-0.4, -0.2) is 91.8 Å². The Labute approximate surface area is 289 Å². The number of ether oxygens (including phenoxy) is 3. The van der Waals surface area contributed by atoms with Crippen molar-refractivity contribution in [3.63, 3.8) is 0 Å². The Bertz CT molecular complexity index is 2050. The average Bonchev–Trinajstić information content (AvgIpc) is 3.85. The minimum atomic E-state index is -0.631. The molecule has 3 aromatic carbocycles. The zero-order valence-corrected chi connectivity index (χ0v) is 28.2. The number of carbonyl (C=O) groups excluding carboxylic acids is 2. The van der Waals surface area contributed by atoms with E-state index in [1.807, 2.05) is 23.1 Å². The molecule has 8 rings (SSSR count).